The summed E-state index contributed by atoms with van der Waals surface area (Å²) in [5.74, 6) is 0.942. The van der Waals surface area contributed by atoms with Gasteiger partial charge in [0.2, 0.25) is 17.7 Å². The van der Waals surface area contributed by atoms with Gasteiger partial charge in [-0.05, 0) is 38.5 Å². The van der Waals surface area contributed by atoms with Gasteiger partial charge in [-0.3, -0.25) is 14.4 Å². The summed E-state index contributed by atoms with van der Waals surface area (Å²) < 4.78 is 21.5. The van der Waals surface area contributed by atoms with Gasteiger partial charge in [0.25, 0.3) is 0 Å². The lowest BCUT2D eigenvalue weighted by Crippen LogP contribution is -2.36. The number of fused-ring (bicyclic) bond motifs is 1. The van der Waals surface area contributed by atoms with Gasteiger partial charge in [-0.2, -0.15) is 11.8 Å². The number of urea groups is 1. The van der Waals surface area contributed by atoms with Gasteiger partial charge in [-0.1, -0.05) is 6.42 Å². The summed E-state index contributed by atoms with van der Waals surface area (Å²) in [6, 6.07) is 0.416. The van der Waals surface area contributed by atoms with E-state index in [9.17, 15) is 19.2 Å². The fourth-order valence-electron chi connectivity index (χ4n) is 4.74. The average Bonchev–Trinajstić information content (AvgIpc) is 3.54. The molecule has 5 N–H and O–H groups in total. The molecule has 2 heterocycles. The molecule has 0 aromatic heterocycles. The number of unbranched alkanes of at least 4 members (excludes halogenated alkanes) is 1. The third-order valence-electron chi connectivity index (χ3n) is 7.05. The lowest BCUT2D eigenvalue weighted by Gasteiger charge is -2.16. The number of rotatable bonds is 27. The Balaban J connectivity index is 1.24. The van der Waals surface area contributed by atoms with Crippen molar-refractivity contribution < 1.29 is 38.1 Å². The van der Waals surface area contributed by atoms with Crippen LogP contribution in [0.5, 0.6) is 0 Å². The fourth-order valence-corrected chi connectivity index (χ4v) is 6.28. The van der Waals surface area contributed by atoms with Crippen molar-refractivity contribution in [3.63, 3.8) is 0 Å². The van der Waals surface area contributed by atoms with E-state index < -0.39 is 0 Å². The second-order valence-corrected chi connectivity index (χ2v) is 11.9. The van der Waals surface area contributed by atoms with E-state index in [1.165, 1.54) is 0 Å². The first-order valence-electron chi connectivity index (χ1n) is 15.7. The largest absolute Gasteiger partial charge is 0.385 e. The number of amides is 5. The van der Waals surface area contributed by atoms with Crippen LogP contribution in [0.15, 0.2) is 0 Å². The number of ether oxygens (including phenoxy) is 4. The second kappa shape index (κ2) is 24.2. The van der Waals surface area contributed by atoms with Gasteiger partial charge in [0.05, 0.1) is 38.5 Å². The molecule has 2 rings (SSSR count). The minimum Gasteiger partial charge on any atom is -0.385 e. The van der Waals surface area contributed by atoms with Gasteiger partial charge >= 0.3 is 6.03 Å². The maximum atomic E-state index is 12.0. The lowest BCUT2D eigenvalue weighted by atomic mass is 10.0. The Hall–Kier alpha value is -2.13. The molecule has 2 fully saturated rings. The number of hydrogen-bond donors (Lipinski definition) is 5. The molecule has 2 aliphatic heterocycles. The summed E-state index contributed by atoms with van der Waals surface area (Å²) in [6.45, 7) is 5.38. The number of carbonyl (C=O) groups is 4. The molecule has 14 heteroatoms. The van der Waals surface area contributed by atoms with Crippen LogP contribution in [0.25, 0.3) is 0 Å². The second-order valence-electron chi connectivity index (χ2n) is 10.7. The highest BCUT2D eigenvalue weighted by Gasteiger charge is 2.42. The zero-order valence-corrected chi connectivity index (χ0v) is 26.6. The van der Waals surface area contributed by atoms with Crippen molar-refractivity contribution >= 4 is 35.5 Å². The van der Waals surface area contributed by atoms with Crippen LogP contribution >= 0.6 is 11.8 Å². The number of nitrogens with one attached hydrogen (secondary N) is 5. The van der Waals surface area contributed by atoms with E-state index >= 15 is 0 Å². The summed E-state index contributed by atoms with van der Waals surface area (Å²) >= 11 is 1.90. The van der Waals surface area contributed by atoms with E-state index in [2.05, 4.69) is 26.6 Å². The van der Waals surface area contributed by atoms with Gasteiger partial charge < -0.3 is 45.5 Å². The highest BCUT2D eigenvalue weighted by molar-refractivity contribution is 8.00. The van der Waals surface area contributed by atoms with Crippen LogP contribution in [-0.4, -0.2) is 120 Å². The molecule has 13 nitrogen and oxygen atoms in total. The SMILES string of the molecule is COCCCNC(=O)CCCC(=O)NCCCOCCOCCOCCCNC(=O)CCCC[C@@H]1SCC2NC(=O)NC21. The van der Waals surface area contributed by atoms with E-state index in [-0.39, 0.29) is 35.8 Å². The molecule has 0 saturated carbocycles. The summed E-state index contributed by atoms with van der Waals surface area (Å²) in [5.41, 5.74) is 0. The van der Waals surface area contributed by atoms with Crippen molar-refractivity contribution in [3.05, 3.63) is 0 Å². The average molecular weight is 632 g/mol. The van der Waals surface area contributed by atoms with E-state index in [0.29, 0.717) is 103 Å². The van der Waals surface area contributed by atoms with Crippen LogP contribution in [0.1, 0.15) is 64.2 Å². The standard InChI is InChI=1S/C29H53N5O8S/c1-39-15-5-12-30-26(36)10-4-11-27(37)32-14-7-17-41-19-21-42-20-18-40-16-6-13-31-25(35)9-3-2-8-24-28-23(22-43-24)33-29(38)34-28/h23-24,28H,2-22H2,1H3,(H,30,36)(H,31,35)(H,32,37)(H2,33,34,38)/t23?,24-,28?/m0/s1. The van der Waals surface area contributed by atoms with E-state index in [1.54, 1.807) is 7.11 Å². The molecule has 0 aromatic carbocycles. The van der Waals surface area contributed by atoms with Crippen molar-refractivity contribution in [1.82, 2.24) is 26.6 Å². The zero-order chi connectivity index (χ0) is 31.0. The summed E-state index contributed by atoms with van der Waals surface area (Å²) in [5, 5.41) is 15.0. The zero-order valence-electron chi connectivity index (χ0n) is 25.8. The first kappa shape index (κ1) is 37.1. The predicted octanol–water partition coefficient (Wildman–Crippen LogP) is 1.10. The molecule has 3 atom stereocenters. The highest BCUT2D eigenvalue weighted by Crippen LogP contribution is 2.33. The van der Waals surface area contributed by atoms with Crippen LogP contribution in [0, 0.1) is 0 Å². The number of thioether (sulfide) groups is 1. The Kier molecular flexibility index (Phi) is 20.9. The van der Waals surface area contributed by atoms with Gasteiger partial charge in [-0.25, -0.2) is 4.79 Å². The molecule has 0 aromatic rings. The first-order valence-corrected chi connectivity index (χ1v) is 16.8. The Labute approximate surface area is 260 Å². The minimum atomic E-state index is -0.0593. The molecule has 43 heavy (non-hydrogen) atoms. The normalized spacial score (nSPS) is 19.0. The smallest absolute Gasteiger partial charge is 0.315 e. The maximum absolute atomic E-state index is 12.0. The van der Waals surface area contributed by atoms with Crippen LogP contribution in [0.4, 0.5) is 4.79 Å². The first-order chi connectivity index (χ1) is 21.0. The molecule has 0 bridgehead atoms. The molecule has 0 spiro atoms. The molecule has 2 saturated heterocycles. The van der Waals surface area contributed by atoms with Crippen LogP contribution in [0.2, 0.25) is 0 Å². The predicted molar refractivity (Wildman–Crippen MR) is 165 cm³/mol. The third kappa shape index (κ3) is 18.3. The van der Waals surface area contributed by atoms with Crippen LogP contribution in [-0.2, 0) is 33.3 Å². The topological polar surface area (TPSA) is 165 Å². The summed E-state index contributed by atoms with van der Waals surface area (Å²) in [7, 11) is 1.63. The monoisotopic (exact) mass is 631 g/mol. The van der Waals surface area contributed by atoms with Gasteiger partial charge in [-0.15, -0.1) is 0 Å². The van der Waals surface area contributed by atoms with E-state index in [4.69, 9.17) is 18.9 Å². The lowest BCUT2D eigenvalue weighted by molar-refractivity contribution is -0.123. The molecular formula is C29H53N5O8S. The van der Waals surface area contributed by atoms with Gasteiger partial charge in [0.1, 0.15) is 0 Å². The summed E-state index contributed by atoms with van der Waals surface area (Å²) in [6.07, 6.45) is 6.84. The number of hydrogen-bond acceptors (Lipinski definition) is 9. The van der Waals surface area contributed by atoms with Crippen molar-refractivity contribution in [2.75, 3.05) is 78.7 Å². The molecule has 0 aliphatic carbocycles. The molecule has 2 unspecified atom stereocenters. The molecule has 248 valence electrons. The van der Waals surface area contributed by atoms with Gasteiger partial charge in [0.15, 0.2) is 0 Å². The number of methoxy groups -OCH3 is 1. The van der Waals surface area contributed by atoms with Crippen molar-refractivity contribution in [2.24, 2.45) is 0 Å². The van der Waals surface area contributed by atoms with Crippen LogP contribution in [0.3, 0.4) is 0 Å². The molecule has 0 radical (unpaired) electrons. The van der Waals surface area contributed by atoms with Crippen molar-refractivity contribution in [1.29, 1.82) is 0 Å². The summed E-state index contributed by atoms with van der Waals surface area (Å²) in [4.78, 5) is 47.0. The number of carbonyl (C=O) groups excluding carboxylic acids is 4. The Morgan fingerprint density at radius 1 is 0.698 bits per heavy atom. The maximum Gasteiger partial charge on any atom is 0.315 e. The van der Waals surface area contributed by atoms with Crippen molar-refractivity contribution in [3.8, 4) is 0 Å². The molecule has 5 amide bonds. The molecular weight excluding hydrogens is 578 g/mol. The van der Waals surface area contributed by atoms with Gasteiger partial charge in [0, 0.05) is 76.8 Å². The van der Waals surface area contributed by atoms with Crippen LogP contribution < -0.4 is 26.6 Å². The Morgan fingerprint density at radius 2 is 1.21 bits per heavy atom. The molecule has 2 aliphatic rings. The quantitative estimate of drug-likeness (QED) is 0.0659. The minimum absolute atomic E-state index is 0.0389. The highest BCUT2D eigenvalue weighted by atomic mass is 32.2. The van der Waals surface area contributed by atoms with E-state index in [1.807, 2.05) is 11.8 Å². The van der Waals surface area contributed by atoms with E-state index in [0.717, 1.165) is 37.9 Å². The Morgan fingerprint density at radius 3 is 1.77 bits per heavy atom. The fraction of sp³-hybridized carbons (Fsp3) is 0.862. The Bertz CT molecular complexity index is 809. The van der Waals surface area contributed by atoms with Crippen molar-refractivity contribution in [2.45, 2.75) is 81.5 Å². The third-order valence-corrected chi connectivity index (χ3v) is 8.56.